The summed E-state index contributed by atoms with van der Waals surface area (Å²) in [6, 6.07) is 4.98. The maximum atomic E-state index is 12.0. The SMILES string of the molecule is COc1ccc(Br)cc1C(=O)C(=O)NCC(C)C. The third-order valence-electron chi connectivity index (χ3n) is 2.28. The highest BCUT2D eigenvalue weighted by Crippen LogP contribution is 2.23. The Morgan fingerprint density at radius 2 is 2.06 bits per heavy atom. The van der Waals surface area contributed by atoms with Crippen LogP contribution in [0.1, 0.15) is 24.2 Å². The predicted molar refractivity (Wildman–Crippen MR) is 72.9 cm³/mol. The van der Waals surface area contributed by atoms with Gasteiger partial charge in [0.05, 0.1) is 12.7 Å². The van der Waals surface area contributed by atoms with E-state index in [0.29, 0.717) is 18.2 Å². The number of Topliss-reactive ketones (excluding diaryl/α,β-unsaturated/α-hetero) is 1. The van der Waals surface area contributed by atoms with E-state index in [1.165, 1.54) is 7.11 Å². The largest absolute Gasteiger partial charge is 0.496 e. The number of hydrogen-bond donors (Lipinski definition) is 1. The second-order valence-corrected chi connectivity index (χ2v) is 5.19. The number of nitrogens with one attached hydrogen (secondary N) is 1. The Morgan fingerprint density at radius 1 is 1.39 bits per heavy atom. The molecule has 1 N–H and O–H groups in total. The van der Waals surface area contributed by atoms with Gasteiger partial charge in [-0.2, -0.15) is 0 Å². The molecule has 0 atom stereocenters. The van der Waals surface area contributed by atoms with Gasteiger partial charge in [-0.25, -0.2) is 0 Å². The first kappa shape index (κ1) is 14.7. The normalized spacial score (nSPS) is 10.3. The summed E-state index contributed by atoms with van der Waals surface area (Å²) in [4.78, 5) is 23.7. The zero-order chi connectivity index (χ0) is 13.7. The molecule has 0 aliphatic carbocycles. The van der Waals surface area contributed by atoms with E-state index in [1.54, 1.807) is 18.2 Å². The molecule has 1 aromatic rings. The maximum absolute atomic E-state index is 12.0. The van der Waals surface area contributed by atoms with Gasteiger partial charge in [0.2, 0.25) is 0 Å². The van der Waals surface area contributed by atoms with E-state index in [4.69, 9.17) is 4.74 Å². The average Bonchev–Trinajstić information content (AvgIpc) is 2.34. The number of rotatable bonds is 5. The summed E-state index contributed by atoms with van der Waals surface area (Å²) in [5.74, 6) is -0.511. The van der Waals surface area contributed by atoms with Gasteiger partial charge < -0.3 is 10.1 Å². The Balaban J connectivity index is 2.89. The Bertz CT molecular complexity index is 458. The van der Waals surface area contributed by atoms with Crippen molar-refractivity contribution < 1.29 is 14.3 Å². The van der Waals surface area contributed by atoms with E-state index in [9.17, 15) is 9.59 Å². The van der Waals surface area contributed by atoms with Crippen LogP contribution in [0.3, 0.4) is 0 Å². The second-order valence-electron chi connectivity index (χ2n) is 4.28. The average molecular weight is 314 g/mol. The first-order chi connectivity index (χ1) is 8.45. The molecule has 0 saturated heterocycles. The van der Waals surface area contributed by atoms with Crippen LogP contribution < -0.4 is 10.1 Å². The molecular weight excluding hydrogens is 298 g/mol. The second kappa shape index (κ2) is 6.54. The highest BCUT2D eigenvalue weighted by Gasteiger charge is 2.20. The van der Waals surface area contributed by atoms with Crippen LogP contribution in [0.15, 0.2) is 22.7 Å². The summed E-state index contributed by atoms with van der Waals surface area (Å²) in [5.41, 5.74) is 0.258. The molecule has 0 heterocycles. The molecule has 0 bridgehead atoms. The summed E-state index contributed by atoms with van der Waals surface area (Å²) in [7, 11) is 1.46. The minimum atomic E-state index is -0.611. The van der Waals surface area contributed by atoms with Gasteiger partial charge in [0.25, 0.3) is 11.7 Å². The van der Waals surface area contributed by atoms with Crippen molar-refractivity contribution in [2.75, 3.05) is 13.7 Å². The van der Waals surface area contributed by atoms with E-state index in [-0.39, 0.29) is 5.56 Å². The van der Waals surface area contributed by atoms with E-state index >= 15 is 0 Å². The van der Waals surface area contributed by atoms with Crippen molar-refractivity contribution in [2.45, 2.75) is 13.8 Å². The number of benzene rings is 1. The molecule has 0 spiro atoms. The monoisotopic (exact) mass is 313 g/mol. The molecule has 0 unspecified atom stereocenters. The number of hydrogen-bond acceptors (Lipinski definition) is 3. The Morgan fingerprint density at radius 3 is 2.61 bits per heavy atom. The number of ketones is 1. The van der Waals surface area contributed by atoms with Gasteiger partial charge in [-0.3, -0.25) is 9.59 Å². The molecule has 0 fully saturated rings. The lowest BCUT2D eigenvalue weighted by molar-refractivity contribution is -0.117. The minimum Gasteiger partial charge on any atom is -0.496 e. The van der Waals surface area contributed by atoms with Gasteiger partial charge in [0, 0.05) is 11.0 Å². The minimum absolute atomic E-state index is 0.258. The highest BCUT2D eigenvalue weighted by atomic mass is 79.9. The molecule has 18 heavy (non-hydrogen) atoms. The molecule has 4 nitrogen and oxygen atoms in total. The Hall–Kier alpha value is -1.36. The van der Waals surface area contributed by atoms with Gasteiger partial charge in [-0.1, -0.05) is 29.8 Å². The molecule has 0 aliphatic rings. The molecule has 0 aliphatic heterocycles. The quantitative estimate of drug-likeness (QED) is 0.671. The van der Waals surface area contributed by atoms with Gasteiger partial charge >= 0.3 is 0 Å². The smallest absolute Gasteiger partial charge is 0.292 e. The van der Waals surface area contributed by atoms with Crippen LogP contribution in [0.5, 0.6) is 5.75 Å². The molecule has 5 heteroatoms. The van der Waals surface area contributed by atoms with E-state index in [2.05, 4.69) is 21.2 Å². The zero-order valence-electron chi connectivity index (χ0n) is 10.6. The van der Waals surface area contributed by atoms with E-state index in [0.717, 1.165) is 4.47 Å². The molecule has 0 radical (unpaired) electrons. The summed E-state index contributed by atoms with van der Waals surface area (Å²) in [6.45, 7) is 4.40. The first-order valence-electron chi connectivity index (χ1n) is 5.61. The van der Waals surface area contributed by atoms with Crippen LogP contribution >= 0.6 is 15.9 Å². The van der Waals surface area contributed by atoms with Crippen molar-refractivity contribution in [3.8, 4) is 5.75 Å². The van der Waals surface area contributed by atoms with Gasteiger partial charge in [-0.05, 0) is 24.1 Å². The number of amides is 1. The zero-order valence-corrected chi connectivity index (χ0v) is 12.2. The van der Waals surface area contributed by atoms with Crippen LogP contribution in [-0.2, 0) is 4.79 Å². The third kappa shape index (κ3) is 3.84. The van der Waals surface area contributed by atoms with Crippen LogP contribution in [0.25, 0.3) is 0 Å². The summed E-state index contributed by atoms with van der Waals surface area (Å²) < 4.78 is 5.80. The number of methoxy groups -OCH3 is 1. The summed E-state index contributed by atoms with van der Waals surface area (Å²) in [5, 5.41) is 2.59. The van der Waals surface area contributed by atoms with Crippen molar-refractivity contribution in [2.24, 2.45) is 5.92 Å². The molecule has 1 amide bonds. The first-order valence-corrected chi connectivity index (χ1v) is 6.41. The van der Waals surface area contributed by atoms with Crippen LogP contribution in [-0.4, -0.2) is 25.3 Å². The predicted octanol–water partition coefficient (Wildman–Crippen LogP) is 2.41. The van der Waals surface area contributed by atoms with Gasteiger partial charge in [0.15, 0.2) is 0 Å². The Labute approximate surface area is 115 Å². The standard InChI is InChI=1S/C13H16BrNO3/c1-8(2)7-15-13(17)12(16)10-6-9(14)4-5-11(10)18-3/h4-6,8H,7H2,1-3H3,(H,15,17). The Kier molecular flexibility index (Phi) is 5.34. The lowest BCUT2D eigenvalue weighted by Gasteiger charge is -2.09. The molecular formula is C13H16BrNO3. The summed E-state index contributed by atoms with van der Waals surface area (Å²) in [6.07, 6.45) is 0. The molecule has 98 valence electrons. The van der Waals surface area contributed by atoms with Crippen LogP contribution in [0.4, 0.5) is 0 Å². The molecule has 1 rings (SSSR count). The number of carbonyl (C=O) groups is 2. The van der Waals surface area contributed by atoms with Crippen LogP contribution in [0.2, 0.25) is 0 Å². The lowest BCUT2D eigenvalue weighted by Crippen LogP contribution is -2.33. The van der Waals surface area contributed by atoms with E-state index in [1.807, 2.05) is 13.8 Å². The fourth-order valence-electron chi connectivity index (χ4n) is 1.36. The van der Waals surface area contributed by atoms with E-state index < -0.39 is 11.7 Å². The summed E-state index contributed by atoms with van der Waals surface area (Å²) >= 11 is 3.27. The van der Waals surface area contributed by atoms with Crippen molar-refractivity contribution in [1.29, 1.82) is 0 Å². The molecule has 0 saturated carbocycles. The van der Waals surface area contributed by atoms with Crippen molar-refractivity contribution in [3.05, 3.63) is 28.2 Å². The van der Waals surface area contributed by atoms with Crippen molar-refractivity contribution in [3.63, 3.8) is 0 Å². The fraction of sp³-hybridized carbons (Fsp3) is 0.385. The van der Waals surface area contributed by atoms with Crippen LogP contribution in [0, 0.1) is 5.92 Å². The highest BCUT2D eigenvalue weighted by molar-refractivity contribution is 9.10. The van der Waals surface area contributed by atoms with Gasteiger partial charge in [-0.15, -0.1) is 0 Å². The van der Waals surface area contributed by atoms with Crippen molar-refractivity contribution in [1.82, 2.24) is 5.32 Å². The van der Waals surface area contributed by atoms with Crippen molar-refractivity contribution >= 4 is 27.6 Å². The number of ether oxygens (including phenoxy) is 1. The van der Waals surface area contributed by atoms with Gasteiger partial charge in [0.1, 0.15) is 5.75 Å². The fourth-order valence-corrected chi connectivity index (χ4v) is 1.72. The number of carbonyl (C=O) groups excluding carboxylic acids is 2. The molecule has 0 aromatic heterocycles. The topological polar surface area (TPSA) is 55.4 Å². The lowest BCUT2D eigenvalue weighted by atomic mass is 10.1. The number of halogens is 1. The molecule has 1 aromatic carbocycles. The maximum Gasteiger partial charge on any atom is 0.292 e. The third-order valence-corrected chi connectivity index (χ3v) is 2.78.